The van der Waals surface area contributed by atoms with Gasteiger partial charge in [-0.25, -0.2) is 0 Å². The molecule has 2 aromatic heterocycles. The number of hydrogen-bond donors (Lipinski definition) is 2. The molecule has 0 amide bonds. The van der Waals surface area contributed by atoms with Gasteiger partial charge < -0.3 is 10.8 Å². The van der Waals surface area contributed by atoms with E-state index < -0.39 is 6.10 Å². The molecule has 0 aliphatic carbocycles. The van der Waals surface area contributed by atoms with Crippen LogP contribution >= 0.6 is 22.7 Å². The van der Waals surface area contributed by atoms with E-state index in [4.69, 9.17) is 5.73 Å². The van der Waals surface area contributed by atoms with Crippen molar-refractivity contribution in [1.82, 2.24) is 0 Å². The molecule has 3 N–H and O–H groups in total. The van der Waals surface area contributed by atoms with Crippen molar-refractivity contribution in [2.75, 3.05) is 6.54 Å². The molecule has 2 heterocycles. The van der Waals surface area contributed by atoms with Gasteiger partial charge in [-0.05, 0) is 30.0 Å². The first-order valence-electron chi connectivity index (χ1n) is 5.76. The van der Waals surface area contributed by atoms with Crippen molar-refractivity contribution >= 4 is 22.7 Å². The summed E-state index contributed by atoms with van der Waals surface area (Å²) in [5, 5.41) is 12.4. The normalized spacial score (nSPS) is 14.8. The van der Waals surface area contributed by atoms with E-state index in [2.05, 4.69) is 13.0 Å². The average molecular weight is 267 g/mol. The molecule has 4 heteroatoms. The minimum Gasteiger partial charge on any atom is -0.387 e. The van der Waals surface area contributed by atoms with E-state index in [-0.39, 0.29) is 5.92 Å². The molecule has 2 unspecified atom stereocenters. The first-order valence-corrected chi connectivity index (χ1v) is 7.46. The standard InChI is InChI=1S/C13H17NOS2/c1-2-9-5-6-12(17-9)13(15)10(8-14)11-4-3-7-16-11/h3-7,10,13,15H,2,8,14H2,1H3. The fraction of sp³-hybridized carbons (Fsp3) is 0.385. The van der Waals surface area contributed by atoms with E-state index in [1.165, 1.54) is 4.88 Å². The lowest BCUT2D eigenvalue weighted by molar-refractivity contribution is 0.152. The van der Waals surface area contributed by atoms with E-state index in [0.717, 1.165) is 16.2 Å². The summed E-state index contributed by atoms with van der Waals surface area (Å²) in [7, 11) is 0. The van der Waals surface area contributed by atoms with E-state index in [1.54, 1.807) is 22.7 Å². The summed E-state index contributed by atoms with van der Waals surface area (Å²) in [5.74, 6) is 0.0124. The maximum Gasteiger partial charge on any atom is 0.0970 e. The quantitative estimate of drug-likeness (QED) is 0.874. The van der Waals surface area contributed by atoms with Crippen molar-refractivity contribution in [1.29, 1.82) is 0 Å². The highest BCUT2D eigenvalue weighted by molar-refractivity contribution is 7.12. The monoisotopic (exact) mass is 267 g/mol. The lowest BCUT2D eigenvalue weighted by Crippen LogP contribution is -2.18. The Labute approximate surface area is 110 Å². The molecule has 0 saturated heterocycles. The van der Waals surface area contributed by atoms with Crippen LogP contribution in [0.2, 0.25) is 0 Å². The number of nitrogens with two attached hydrogens (primary N) is 1. The number of rotatable bonds is 5. The zero-order chi connectivity index (χ0) is 12.3. The fourth-order valence-corrected chi connectivity index (χ4v) is 3.72. The molecule has 0 fully saturated rings. The van der Waals surface area contributed by atoms with Crippen molar-refractivity contribution in [2.24, 2.45) is 5.73 Å². The van der Waals surface area contributed by atoms with Crippen LogP contribution in [-0.4, -0.2) is 11.7 Å². The Bertz CT molecular complexity index is 450. The molecular weight excluding hydrogens is 250 g/mol. The van der Waals surface area contributed by atoms with Gasteiger partial charge in [0.1, 0.15) is 0 Å². The van der Waals surface area contributed by atoms with Gasteiger partial charge >= 0.3 is 0 Å². The first kappa shape index (κ1) is 12.8. The van der Waals surface area contributed by atoms with E-state index in [9.17, 15) is 5.11 Å². The Hall–Kier alpha value is -0.680. The molecule has 0 spiro atoms. The number of hydrogen-bond acceptors (Lipinski definition) is 4. The molecule has 0 aromatic carbocycles. The van der Waals surface area contributed by atoms with Gasteiger partial charge in [-0.2, -0.15) is 0 Å². The summed E-state index contributed by atoms with van der Waals surface area (Å²) in [6, 6.07) is 8.15. The molecule has 2 rings (SSSR count). The van der Waals surface area contributed by atoms with Gasteiger partial charge in [0, 0.05) is 27.1 Å². The highest BCUT2D eigenvalue weighted by Gasteiger charge is 2.23. The van der Waals surface area contributed by atoms with Gasteiger partial charge in [-0.3, -0.25) is 0 Å². The Morgan fingerprint density at radius 1 is 1.29 bits per heavy atom. The maximum absolute atomic E-state index is 10.4. The van der Waals surface area contributed by atoms with Crippen molar-refractivity contribution in [2.45, 2.75) is 25.4 Å². The molecule has 0 bridgehead atoms. The Morgan fingerprint density at radius 3 is 2.65 bits per heavy atom. The van der Waals surface area contributed by atoms with Gasteiger partial charge in [-0.1, -0.05) is 13.0 Å². The van der Waals surface area contributed by atoms with Gasteiger partial charge in [0.15, 0.2) is 0 Å². The number of aryl methyl sites for hydroxylation is 1. The summed E-state index contributed by atoms with van der Waals surface area (Å²) < 4.78 is 0. The summed E-state index contributed by atoms with van der Waals surface area (Å²) >= 11 is 3.34. The summed E-state index contributed by atoms with van der Waals surface area (Å²) in [6.07, 6.45) is 0.535. The van der Waals surface area contributed by atoms with Crippen molar-refractivity contribution in [3.8, 4) is 0 Å². The molecule has 17 heavy (non-hydrogen) atoms. The maximum atomic E-state index is 10.4. The van der Waals surface area contributed by atoms with Crippen LogP contribution in [0.5, 0.6) is 0 Å². The first-order chi connectivity index (χ1) is 8.26. The van der Waals surface area contributed by atoms with Gasteiger partial charge in [0.2, 0.25) is 0 Å². The molecule has 92 valence electrons. The zero-order valence-corrected chi connectivity index (χ0v) is 11.4. The van der Waals surface area contributed by atoms with Crippen LogP contribution in [0.1, 0.15) is 33.6 Å². The topological polar surface area (TPSA) is 46.2 Å². The van der Waals surface area contributed by atoms with Crippen LogP contribution in [0.4, 0.5) is 0 Å². The molecule has 0 radical (unpaired) electrons. The smallest absolute Gasteiger partial charge is 0.0970 e. The predicted octanol–water partition coefficient (Wildman–Crippen LogP) is 3.15. The number of aliphatic hydroxyl groups excluding tert-OH is 1. The number of thiophene rings is 2. The van der Waals surface area contributed by atoms with Crippen LogP contribution in [0.3, 0.4) is 0 Å². The van der Waals surface area contributed by atoms with Gasteiger partial charge in [-0.15, -0.1) is 22.7 Å². The largest absolute Gasteiger partial charge is 0.387 e. The second kappa shape index (κ2) is 5.78. The predicted molar refractivity (Wildman–Crippen MR) is 74.8 cm³/mol. The third-order valence-corrected chi connectivity index (χ3v) is 5.17. The molecular formula is C13H17NOS2. The lowest BCUT2D eigenvalue weighted by atomic mass is 9.99. The molecule has 2 atom stereocenters. The third kappa shape index (κ3) is 2.77. The van der Waals surface area contributed by atoms with Crippen LogP contribution in [0.15, 0.2) is 29.6 Å². The van der Waals surface area contributed by atoms with E-state index in [1.807, 2.05) is 23.6 Å². The van der Waals surface area contributed by atoms with E-state index in [0.29, 0.717) is 6.54 Å². The second-order valence-corrected chi connectivity index (χ2v) is 6.14. The minimum atomic E-state index is -0.482. The highest BCUT2D eigenvalue weighted by atomic mass is 32.1. The van der Waals surface area contributed by atoms with Gasteiger partial charge in [0.05, 0.1) is 6.10 Å². The molecule has 0 saturated carbocycles. The molecule has 0 aliphatic rings. The number of aliphatic hydroxyl groups is 1. The average Bonchev–Trinajstić information content (AvgIpc) is 3.00. The van der Waals surface area contributed by atoms with E-state index >= 15 is 0 Å². The third-order valence-electron chi connectivity index (χ3n) is 2.87. The zero-order valence-electron chi connectivity index (χ0n) is 9.80. The molecule has 2 aromatic rings. The Balaban J connectivity index is 2.20. The second-order valence-electron chi connectivity index (χ2n) is 3.96. The van der Waals surface area contributed by atoms with Gasteiger partial charge in [0.25, 0.3) is 0 Å². The Morgan fingerprint density at radius 2 is 2.12 bits per heavy atom. The fourth-order valence-electron chi connectivity index (χ4n) is 1.84. The van der Waals surface area contributed by atoms with Crippen LogP contribution in [-0.2, 0) is 6.42 Å². The van der Waals surface area contributed by atoms with Crippen LogP contribution in [0, 0.1) is 0 Å². The summed E-state index contributed by atoms with van der Waals surface area (Å²) in [4.78, 5) is 3.48. The molecule has 0 aliphatic heterocycles. The summed E-state index contributed by atoms with van der Waals surface area (Å²) in [5.41, 5.74) is 5.79. The van der Waals surface area contributed by atoms with Crippen molar-refractivity contribution in [3.63, 3.8) is 0 Å². The Kier molecular flexibility index (Phi) is 4.34. The SMILES string of the molecule is CCc1ccc(C(O)C(CN)c2cccs2)s1. The van der Waals surface area contributed by atoms with Crippen LogP contribution < -0.4 is 5.73 Å². The highest BCUT2D eigenvalue weighted by Crippen LogP contribution is 2.35. The summed E-state index contributed by atoms with van der Waals surface area (Å²) in [6.45, 7) is 2.60. The van der Waals surface area contributed by atoms with Crippen LogP contribution in [0.25, 0.3) is 0 Å². The van der Waals surface area contributed by atoms with Crippen molar-refractivity contribution in [3.05, 3.63) is 44.3 Å². The minimum absolute atomic E-state index is 0.0124. The molecule has 2 nitrogen and oxygen atoms in total. The lowest BCUT2D eigenvalue weighted by Gasteiger charge is -2.19. The van der Waals surface area contributed by atoms with Crippen molar-refractivity contribution < 1.29 is 5.11 Å².